The molecule has 4 aliphatic carbocycles. The number of ether oxygens (including phenoxy) is 2. The molecule has 262 valence electrons. The summed E-state index contributed by atoms with van der Waals surface area (Å²) in [6.07, 6.45) is 15.0. The molecule has 0 aliphatic heterocycles. The van der Waals surface area contributed by atoms with E-state index < -0.39 is 13.1 Å². The summed E-state index contributed by atoms with van der Waals surface area (Å²) in [5, 5.41) is 1.38. The van der Waals surface area contributed by atoms with Gasteiger partial charge in [-0.1, -0.05) is 129 Å². The number of carbonyl (C=O) groups excluding carboxylic acids is 2. The number of fused-ring (bicyclic) bond motifs is 1. The molecule has 0 saturated heterocycles. The van der Waals surface area contributed by atoms with Gasteiger partial charge in [0.05, 0.1) is 25.4 Å². The van der Waals surface area contributed by atoms with Crippen LogP contribution in [0.2, 0.25) is 10.1 Å². The van der Waals surface area contributed by atoms with Crippen LogP contribution >= 0.6 is 0 Å². The number of carbonyl (C=O) groups is 2. The Balaban J connectivity index is 1.28. The number of hydrogen-bond acceptors (Lipinski definition) is 4. The molecule has 0 N–H and O–H groups in total. The van der Waals surface area contributed by atoms with Crippen LogP contribution < -0.4 is 10.4 Å². The van der Waals surface area contributed by atoms with Crippen molar-refractivity contribution in [3.05, 3.63) is 96.1 Å². The van der Waals surface area contributed by atoms with Crippen LogP contribution in [0, 0.1) is 22.7 Å². The summed E-state index contributed by atoms with van der Waals surface area (Å²) < 4.78 is 12.7. The van der Waals surface area contributed by atoms with E-state index >= 15 is 0 Å². The summed E-state index contributed by atoms with van der Waals surface area (Å²) in [5.41, 5.74) is 4.23. The van der Waals surface area contributed by atoms with E-state index in [4.69, 9.17) is 9.47 Å². The first-order valence-electron chi connectivity index (χ1n) is 18.7. The van der Waals surface area contributed by atoms with Crippen LogP contribution in [0.5, 0.6) is 0 Å². The van der Waals surface area contributed by atoms with Gasteiger partial charge in [-0.2, -0.15) is 0 Å². The van der Waals surface area contributed by atoms with Crippen molar-refractivity contribution in [1.82, 2.24) is 0 Å². The van der Waals surface area contributed by atoms with Gasteiger partial charge >= 0.3 is 5.97 Å². The standard InChI is InChI=1S/C44H58O4Si/c1-32-20-23-35(45)29-34(32)22-21-33-15-14-26-42(5)38(33)24-25-39(42)44(27-28-44)31-48-30-43(6,40(46)47-7)49(41(2,3)4,36-16-10-8-11-17-36)37-18-12-9-13-19-37/h8-13,16-19,21-22,38-39H,1,14-15,20,23-31H2,2-7H3/t38?,39-,42-,43?/m0/s1. The molecule has 0 spiro atoms. The van der Waals surface area contributed by atoms with Crippen molar-refractivity contribution in [2.75, 3.05) is 20.3 Å². The Kier molecular flexibility index (Phi) is 9.93. The zero-order chi connectivity index (χ0) is 35.1. The van der Waals surface area contributed by atoms with E-state index in [1.807, 2.05) is 0 Å². The fourth-order valence-corrected chi connectivity index (χ4v) is 18.2. The summed E-state index contributed by atoms with van der Waals surface area (Å²) in [5.74, 6) is 1.33. The summed E-state index contributed by atoms with van der Waals surface area (Å²) >= 11 is 0. The Bertz CT molecular complexity index is 1570. The lowest BCUT2D eigenvalue weighted by atomic mass is 9.60. The largest absolute Gasteiger partial charge is 0.469 e. The number of methoxy groups -OCH3 is 1. The molecule has 4 atom stereocenters. The van der Waals surface area contributed by atoms with Crippen LogP contribution in [0.3, 0.4) is 0 Å². The maximum absolute atomic E-state index is 14.3. The molecular formula is C44H58O4Si. The van der Waals surface area contributed by atoms with Crippen LogP contribution in [0.25, 0.3) is 0 Å². The van der Waals surface area contributed by atoms with Crippen molar-refractivity contribution in [2.45, 2.75) is 109 Å². The minimum Gasteiger partial charge on any atom is -0.469 e. The van der Waals surface area contributed by atoms with Gasteiger partial charge in [0.2, 0.25) is 0 Å². The van der Waals surface area contributed by atoms with E-state index in [1.54, 1.807) is 5.57 Å². The molecule has 2 unspecified atom stereocenters. The van der Waals surface area contributed by atoms with Gasteiger partial charge in [-0.25, -0.2) is 0 Å². The number of Topliss-reactive ketones (excluding diaryl/α,β-unsaturated/α-hetero) is 1. The Labute approximate surface area is 296 Å². The number of allylic oxidation sites excluding steroid dienone is 5. The smallest absolute Gasteiger partial charge is 0.311 e. The third kappa shape index (κ3) is 6.18. The minimum absolute atomic E-state index is 0.164. The second kappa shape index (κ2) is 13.6. The zero-order valence-corrected chi connectivity index (χ0v) is 31.9. The van der Waals surface area contributed by atoms with Crippen molar-refractivity contribution in [2.24, 2.45) is 22.7 Å². The highest BCUT2D eigenvalue weighted by Gasteiger charge is 2.65. The number of ketones is 1. The molecule has 4 fully saturated rings. The SMILES string of the molecule is C=C1CCC(=O)CC1=CC=C1CCC[C@@]2(C)C1CC[C@@H]2C1(COCC(C)(C(=O)OC)[Si](c2ccccc2)(c2ccccc2)C(C)(C)C)CC1. The lowest BCUT2D eigenvalue weighted by Crippen LogP contribution is -2.73. The second-order valence-electron chi connectivity index (χ2n) is 17.2. The van der Waals surface area contributed by atoms with Gasteiger partial charge in [0.1, 0.15) is 13.9 Å². The van der Waals surface area contributed by atoms with E-state index in [9.17, 15) is 9.59 Å². The second-order valence-corrected chi connectivity index (χ2v) is 22.5. The third-order valence-corrected chi connectivity index (χ3v) is 20.1. The van der Waals surface area contributed by atoms with Crippen LogP contribution in [0.4, 0.5) is 0 Å². The van der Waals surface area contributed by atoms with Gasteiger partial charge in [0.25, 0.3) is 0 Å². The number of esters is 1. The molecule has 0 bridgehead atoms. The molecule has 6 rings (SSSR count). The van der Waals surface area contributed by atoms with Crippen LogP contribution in [0.15, 0.2) is 96.1 Å². The molecule has 4 nitrogen and oxygen atoms in total. The number of benzene rings is 2. The zero-order valence-electron chi connectivity index (χ0n) is 30.9. The maximum atomic E-state index is 14.3. The van der Waals surface area contributed by atoms with Gasteiger partial charge in [-0.3, -0.25) is 9.59 Å². The fraction of sp³-hybridized carbons (Fsp3) is 0.545. The van der Waals surface area contributed by atoms with Crippen LogP contribution in [0.1, 0.15) is 98.8 Å². The molecule has 2 aromatic rings. The van der Waals surface area contributed by atoms with Crippen molar-refractivity contribution in [1.29, 1.82) is 0 Å². The number of rotatable bonds is 10. The maximum Gasteiger partial charge on any atom is 0.311 e. The fourth-order valence-electron chi connectivity index (χ4n) is 11.1. The monoisotopic (exact) mass is 678 g/mol. The van der Waals surface area contributed by atoms with E-state index in [1.165, 1.54) is 56.0 Å². The molecule has 4 saturated carbocycles. The predicted octanol–water partition coefficient (Wildman–Crippen LogP) is 9.16. The van der Waals surface area contributed by atoms with Crippen LogP contribution in [-0.4, -0.2) is 40.1 Å². The molecular weight excluding hydrogens is 621 g/mol. The van der Waals surface area contributed by atoms with Crippen molar-refractivity contribution in [3.63, 3.8) is 0 Å². The highest BCUT2D eigenvalue weighted by molar-refractivity contribution is 7.08. The first-order chi connectivity index (χ1) is 23.3. The normalized spacial score (nSPS) is 28.3. The van der Waals surface area contributed by atoms with Crippen molar-refractivity contribution in [3.8, 4) is 0 Å². The van der Waals surface area contributed by atoms with E-state index in [2.05, 4.69) is 114 Å². The average molecular weight is 679 g/mol. The van der Waals surface area contributed by atoms with E-state index in [0.29, 0.717) is 43.7 Å². The first kappa shape index (κ1) is 35.8. The molecule has 0 amide bonds. The lowest BCUT2D eigenvalue weighted by Gasteiger charge is -2.53. The molecule has 5 heteroatoms. The summed E-state index contributed by atoms with van der Waals surface area (Å²) in [6, 6.07) is 21.4. The Morgan fingerprint density at radius 2 is 1.55 bits per heavy atom. The van der Waals surface area contributed by atoms with Gasteiger partial charge in [0.15, 0.2) is 0 Å². The van der Waals surface area contributed by atoms with Crippen molar-refractivity contribution < 1.29 is 19.1 Å². The quantitative estimate of drug-likeness (QED) is 0.186. The Morgan fingerprint density at radius 3 is 2.12 bits per heavy atom. The molecule has 0 radical (unpaired) electrons. The van der Waals surface area contributed by atoms with Gasteiger partial charge in [0, 0.05) is 12.8 Å². The molecule has 49 heavy (non-hydrogen) atoms. The number of hydrogen-bond donors (Lipinski definition) is 0. The highest BCUT2D eigenvalue weighted by Crippen LogP contribution is 2.68. The van der Waals surface area contributed by atoms with Gasteiger partial charge < -0.3 is 9.47 Å². The van der Waals surface area contributed by atoms with E-state index in [0.717, 1.165) is 24.0 Å². The van der Waals surface area contributed by atoms with Crippen LogP contribution in [-0.2, 0) is 19.1 Å². The molecule has 2 aromatic carbocycles. The van der Waals surface area contributed by atoms with Crippen molar-refractivity contribution >= 4 is 30.2 Å². The van der Waals surface area contributed by atoms with Gasteiger partial charge in [-0.05, 0) is 91.6 Å². The lowest BCUT2D eigenvalue weighted by molar-refractivity contribution is -0.146. The minimum atomic E-state index is -2.92. The summed E-state index contributed by atoms with van der Waals surface area (Å²) in [4.78, 5) is 26.5. The van der Waals surface area contributed by atoms with Gasteiger partial charge in [-0.15, -0.1) is 0 Å². The molecule has 4 aliphatic rings. The third-order valence-electron chi connectivity index (χ3n) is 13.4. The Morgan fingerprint density at radius 1 is 0.918 bits per heavy atom. The summed E-state index contributed by atoms with van der Waals surface area (Å²) in [7, 11) is -1.38. The first-order valence-corrected chi connectivity index (χ1v) is 20.7. The predicted molar refractivity (Wildman–Crippen MR) is 203 cm³/mol. The Hall–Kier alpha value is -3.02. The molecule has 0 aromatic heterocycles. The summed E-state index contributed by atoms with van der Waals surface area (Å²) in [6.45, 7) is 16.9. The topological polar surface area (TPSA) is 52.6 Å². The van der Waals surface area contributed by atoms with E-state index in [-0.39, 0.29) is 21.8 Å². The molecule has 0 heterocycles. The average Bonchev–Trinajstić information content (AvgIpc) is 3.77. The highest BCUT2D eigenvalue weighted by atomic mass is 28.3.